The Bertz CT molecular complexity index is 6400. The number of ether oxygens (including phenoxy) is 7. The van der Waals surface area contributed by atoms with Crippen molar-refractivity contribution in [1.29, 1.82) is 0 Å². The number of esters is 3. The molecule has 0 aliphatic carbocycles. The van der Waals surface area contributed by atoms with E-state index < -0.39 is 70.9 Å². The van der Waals surface area contributed by atoms with Crippen molar-refractivity contribution in [1.82, 2.24) is 63.5 Å². The average Bonchev–Trinajstić information content (AvgIpc) is 0.788. The molecular weight excluding hydrogens is 2030 g/mol. The van der Waals surface area contributed by atoms with Gasteiger partial charge in [0, 0.05) is 30.0 Å². The third kappa shape index (κ3) is 36.9. The molecule has 0 saturated carbocycles. The number of halogens is 8. The number of carboxylic acid groups (broad SMARTS) is 1. The van der Waals surface area contributed by atoms with Gasteiger partial charge in [0.25, 0.3) is 33.7 Å². The summed E-state index contributed by atoms with van der Waals surface area (Å²) in [6.07, 6.45) is 4.57. The van der Waals surface area contributed by atoms with Crippen LogP contribution in [0.5, 0.6) is 17.2 Å². The van der Waals surface area contributed by atoms with Gasteiger partial charge in [-0.3, -0.25) is 52.2 Å². The number of amides is 2. The zero-order valence-corrected chi connectivity index (χ0v) is 81.3. The van der Waals surface area contributed by atoms with E-state index in [-0.39, 0.29) is 205 Å². The van der Waals surface area contributed by atoms with E-state index in [0.717, 1.165) is 21.4 Å². The minimum Gasteiger partial charge on any atom is -0.870 e. The molecule has 9 heterocycles. The predicted octanol–water partition coefficient (Wildman–Crippen LogP) is 12.4. The quantitative estimate of drug-likeness (QED) is 0.0152. The number of aromatic nitrogens is 13. The number of carbonyl (C=O) groups excluding carboxylic acids is 5. The van der Waals surface area contributed by atoms with Crippen LogP contribution in [0.4, 0.5) is 67.0 Å². The van der Waals surface area contributed by atoms with Gasteiger partial charge in [-0.15, -0.1) is 0 Å². The average molecular weight is 2130 g/mol. The molecule has 0 unspecified atom stereocenters. The van der Waals surface area contributed by atoms with Crippen molar-refractivity contribution in [2.45, 2.75) is 96.0 Å². The fraction of sp³-hybridized carbons (Fsp3) is 0.244. The van der Waals surface area contributed by atoms with Gasteiger partial charge in [-0.25, -0.2) is 63.8 Å². The monoisotopic (exact) mass is 2120 g/mol. The molecule has 0 atom stereocenters. The number of methoxy groups -OCH3 is 3. The summed E-state index contributed by atoms with van der Waals surface area (Å²) in [6, 6.07) is 34.0. The molecule has 9 aromatic heterocycles. The second-order valence-corrected chi connectivity index (χ2v) is 30.4. The molecule has 3 aromatic carbocycles. The molecule has 724 valence electrons. The second-order valence-electron chi connectivity index (χ2n) is 26.7. The number of hydrogen-bond acceptors (Lipinski definition) is 33. The molecule has 136 heavy (non-hydrogen) atoms. The fourth-order valence-electron chi connectivity index (χ4n) is 10.5. The van der Waals surface area contributed by atoms with Crippen molar-refractivity contribution in [3.05, 3.63) is 289 Å². The molecule has 0 spiro atoms. The largest absolute Gasteiger partial charge is 1.00 e. The Morgan fingerprint density at radius 3 is 1.19 bits per heavy atom. The van der Waals surface area contributed by atoms with Crippen LogP contribution in [-0.4, -0.2) is 164 Å². The summed E-state index contributed by atoms with van der Waals surface area (Å²) in [5.41, 5.74) is 21.6. The van der Waals surface area contributed by atoms with E-state index in [4.69, 9.17) is 115 Å². The summed E-state index contributed by atoms with van der Waals surface area (Å²) < 4.78 is 54.9. The first-order valence-electron chi connectivity index (χ1n) is 38.4. The van der Waals surface area contributed by atoms with Gasteiger partial charge in [-0.05, 0) is 164 Å². The molecule has 41 nitrogen and oxygen atoms in total. The first kappa shape index (κ1) is 119. The minimum absolute atomic E-state index is 0. The molecule has 0 bridgehead atoms. The third-order valence-electron chi connectivity index (χ3n) is 16.3. The number of primary amides is 1. The number of H-pyrrole nitrogens is 2. The van der Waals surface area contributed by atoms with Crippen LogP contribution in [0.1, 0.15) is 140 Å². The number of aromatic amines is 2. The molecule has 0 aliphatic rings. The number of aryl methyl sites for hydroxylation is 1. The van der Waals surface area contributed by atoms with Gasteiger partial charge in [-0.2, -0.15) is 0 Å². The number of benzene rings is 3. The summed E-state index contributed by atoms with van der Waals surface area (Å²) in [4.78, 5) is 167. The van der Waals surface area contributed by atoms with Crippen molar-refractivity contribution in [3.8, 4) is 17.2 Å². The van der Waals surface area contributed by atoms with Crippen LogP contribution < -0.4 is 116 Å². The number of nitrogens with one attached hydrogen (secondary N) is 6. The maximum absolute atomic E-state index is 13.2. The molecule has 50 heteroatoms. The van der Waals surface area contributed by atoms with Gasteiger partial charge >= 0.3 is 59.5 Å². The molecule has 12 rings (SSSR count). The summed E-state index contributed by atoms with van der Waals surface area (Å²) >= 11 is 36.4. The number of rotatable bonds is 24. The molecule has 0 fully saturated rings. The van der Waals surface area contributed by atoms with Gasteiger partial charge in [0.2, 0.25) is 0 Å². The SMILES string of the molecule is C.C.C.CC(C)(C)OC(=O)Nc1cc(N)ncn1.CCOC(=O)c1[nH]c(=O)c(Br)cc1Cl.CCOC(=O)c1c(Cl)cc(Br)c(=O)n1Cc1ccc(OC)cc1.CCOC(=O)c1c(Cl)cc(Nc2cc(C)ncn2)c(=O)n1Cc1ccc(OC)cc1.COc1ccc(Cn2c(C(=O)O)c(Cl)cc(Nc3cc(N)ncn3)c2=O)cc1.NC(=O)c1[nH]c(=O)c(Nc2cc(N)ncn2)cc1Cl.[2H]CF.[Na+].[OH-]. The van der Waals surface area contributed by atoms with Crippen molar-refractivity contribution >= 4 is 184 Å². The predicted molar refractivity (Wildman–Crippen MR) is 521 cm³/mol. The Balaban J connectivity index is 0.000000826. The summed E-state index contributed by atoms with van der Waals surface area (Å²) in [6.45, 7) is 13.1. The number of nitrogen functional groups attached to an aromatic ring is 3. The molecule has 2 amide bonds. The Morgan fingerprint density at radius 1 is 0.478 bits per heavy atom. The van der Waals surface area contributed by atoms with Crippen molar-refractivity contribution in [3.63, 3.8) is 0 Å². The van der Waals surface area contributed by atoms with E-state index in [1.54, 1.807) is 110 Å². The first-order chi connectivity index (χ1) is 62.6. The summed E-state index contributed by atoms with van der Waals surface area (Å²) in [7, 11) is 3.69. The summed E-state index contributed by atoms with van der Waals surface area (Å²) in [5, 5.41) is 20.8. The van der Waals surface area contributed by atoms with Crippen LogP contribution in [0.2, 0.25) is 25.1 Å². The van der Waals surface area contributed by atoms with Gasteiger partial charge in [0.15, 0.2) is 0 Å². The topological polar surface area (TPSA) is 604 Å². The van der Waals surface area contributed by atoms with E-state index in [2.05, 4.69) is 103 Å². The number of alkyl halides is 1. The Labute approximate surface area is 843 Å². The maximum atomic E-state index is 13.2. The molecule has 0 aliphatic heterocycles. The van der Waals surface area contributed by atoms with E-state index in [1.807, 2.05) is 31.2 Å². The van der Waals surface area contributed by atoms with Crippen LogP contribution in [0.15, 0.2) is 186 Å². The van der Waals surface area contributed by atoms with Gasteiger partial charge in [0.05, 0.1) is 103 Å². The maximum Gasteiger partial charge on any atom is 1.00 e. The first-order valence-corrected chi connectivity index (χ1v) is 41.2. The molecule has 16 N–H and O–H groups in total. The number of anilines is 10. The number of nitrogens with two attached hydrogens (primary N) is 4. The summed E-state index contributed by atoms with van der Waals surface area (Å²) in [5.74, 6) is 0.0679. The third-order valence-corrected chi connectivity index (χ3v) is 18.9. The van der Waals surface area contributed by atoms with Crippen LogP contribution >= 0.6 is 89.9 Å². The van der Waals surface area contributed by atoms with Crippen LogP contribution in [0, 0.1) is 6.92 Å². The van der Waals surface area contributed by atoms with Crippen molar-refractivity contribution < 1.29 is 108 Å². The number of nitrogens with zero attached hydrogens (tertiary/aromatic N) is 11. The molecule has 12 aromatic rings. The van der Waals surface area contributed by atoms with Crippen LogP contribution in [0.3, 0.4) is 0 Å². The number of pyridine rings is 5. The zero-order chi connectivity index (χ0) is 97.8. The number of aromatic carboxylic acids is 1. The second kappa shape index (κ2) is 58.9. The minimum atomic E-state index is -1.31. The van der Waals surface area contributed by atoms with Crippen LogP contribution in [0.25, 0.3) is 0 Å². The van der Waals surface area contributed by atoms with E-state index in [0.29, 0.717) is 40.3 Å². The fourth-order valence-corrected chi connectivity index (χ4v) is 12.9. The van der Waals surface area contributed by atoms with Gasteiger partial charge in [-0.1, -0.05) is 117 Å². The molecular formula is C86H98Br2Cl5FN21NaO20. The van der Waals surface area contributed by atoms with Crippen molar-refractivity contribution in [2.24, 2.45) is 5.73 Å². The Morgan fingerprint density at radius 2 is 0.809 bits per heavy atom. The Hall–Kier alpha value is -13.2. The van der Waals surface area contributed by atoms with Crippen molar-refractivity contribution in [2.75, 3.05) is 86.8 Å². The normalized spacial score (nSPS) is 10.0. The van der Waals surface area contributed by atoms with Crippen LogP contribution in [-0.2, 0) is 38.6 Å². The standard InChI is InChI=1S/C21H21ClN4O4.C18H16ClN5O4.C16H15BrClNO4.C10H9ClN6O2.C9H14N4O2.C8H7BrClNO3.CH3F.3CH4.Na.H2O/c1-4-30-21(28)19-16(22)10-17(25-18-9-13(2)23-12-24-18)20(27)26(19)11-14-5-7-15(29-3)8-6-14;1-28-11-4-2-10(3-5-11)8-24-16(18(26)27)12(19)6-13(17(24)25)23-15-7-14(20)21-9-22-15;1-3-23-16(21)14-13(18)8-12(17)15(20)19(14)9-10-4-6-11(22-2)7-5-10;11-4-1-5(10(19)17-8(4)9(13)18)16-7-2-6(12)14-3-15-7;1-9(2,3)15-8(14)13-7-4-6(10)11-5-12-7;1-2-14-8(13)6-5(10)3-4(9)7(12)11-6;1-2;;;;;/h5-10,12H,4,11H2,1-3H3,(H,23,24,25);2-7,9H,8H2,1H3,(H,26,27)(H3,20,21,22,23);4-8H,3,9H2,1-2H3;1-3H,(H2,13,18)(H,17,19)(H3,12,14,15,16);4-5H,1-3H3,(H3,10,11,12,13,14);3H,2H2,1H3,(H,11,12);1H3;3*1H4;;1H2/q;;;;;;;;;;+1;/p-1/i;;;;;;1D;;;;;. The number of carbonyl (C=O) groups is 6. The van der Waals surface area contributed by atoms with Gasteiger partial charge in [0.1, 0.15) is 134 Å². The molecule has 0 saturated heterocycles. The van der Waals surface area contributed by atoms with E-state index in [9.17, 15) is 62.2 Å². The Kier molecular flexibility index (Phi) is 51.5. The smallest absolute Gasteiger partial charge is 0.870 e. The zero-order valence-electron chi connectivity index (χ0n) is 73.4. The number of carboxylic acids is 1. The van der Waals surface area contributed by atoms with E-state index >= 15 is 0 Å². The number of hydrogen-bond donors (Lipinski definition) is 11. The van der Waals surface area contributed by atoms with Gasteiger partial charge < -0.3 is 92.6 Å². The molecule has 0 radical (unpaired) electrons. The van der Waals surface area contributed by atoms with E-state index in [1.165, 1.54) is 90.1 Å².